The molecule has 31 heavy (non-hydrogen) atoms. The minimum Gasteiger partial charge on any atom is -0.305 e. The van der Waals surface area contributed by atoms with E-state index in [1.807, 2.05) is 50.9 Å². The third kappa shape index (κ3) is 5.08. The molecular formula is C25H31N3O2S. The quantitative estimate of drug-likeness (QED) is 0.525. The second-order valence-electron chi connectivity index (χ2n) is 9.00. The van der Waals surface area contributed by atoms with Gasteiger partial charge in [0.15, 0.2) is 9.84 Å². The molecule has 0 radical (unpaired) electrons. The SMILES string of the molecule is Cc1c(CS(=O)(=O)c2ccc(-c3cccc(CN(C)C)c3)cc2)c(CC2CC2)nn1C. The molecule has 6 heteroatoms. The van der Waals surface area contributed by atoms with Crippen LogP contribution in [0.25, 0.3) is 11.1 Å². The molecule has 0 N–H and O–H groups in total. The van der Waals surface area contributed by atoms with Crippen molar-refractivity contribution in [1.82, 2.24) is 14.7 Å². The highest BCUT2D eigenvalue weighted by atomic mass is 32.2. The van der Waals surface area contributed by atoms with Crippen molar-refractivity contribution in [2.24, 2.45) is 13.0 Å². The Morgan fingerprint density at radius 3 is 2.42 bits per heavy atom. The molecule has 1 heterocycles. The predicted molar refractivity (Wildman–Crippen MR) is 125 cm³/mol. The molecule has 1 fully saturated rings. The van der Waals surface area contributed by atoms with Crippen LogP contribution >= 0.6 is 0 Å². The van der Waals surface area contributed by atoms with Crippen LogP contribution in [0.2, 0.25) is 0 Å². The number of benzene rings is 2. The van der Waals surface area contributed by atoms with E-state index in [2.05, 4.69) is 28.2 Å². The monoisotopic (exact) mass is 437 g/mol. The van der Waals surface area contributed by atoms with E-state index in [1.54, 1.807) is 12.1 Å². The van der Waals surface area contributed by atoms with Gasteiger partial charge in [-0.05, 0) is 81.1 Å². The average molecular weight is 438 g/mol. The van der Waals surface area contributed by atoms with Gasteiger partial charge >= 0.3 is 0 Å². The molecule has 0 amide bonds. The van der Waals surface area contributed by atoms with Crippen molar-refractivity contribution < 1.29 is 8.42 Å². The molecular weight excluding hydrogens is 406 g/mol. The van der Waals surface area contributed by atoms with Crippen LogP contribution in [0.15, 0.2) is 53.4 Å². The Kier molecular flexibility index (Phi) is 6.04. The van der Waals surface area contributed by atoms with Gasteiger partial charge in [-0.25, -0.2) is 8.42 Å². The molecule has 1 saturated carbocycles. The van der Waals surface area contributed by atoms with Crippen molar-refractivity contribution >= 4 is 9.84 Å². The lowest BCUT2D eigenvalue weighted by Gasteiger charge is -2.11. The standard InChI is InChI=1S/C25H31N3O2S/c1-18-24(25(26-28(18)4)15-19-8-9-19)17-31(29,30)23-12-10-21(11-13-23)22-7-5-6-20(14-22)16-27(2)3/h5-7,10-14,19H,8-9,15-17H2,1-4H3. The molecule has 0 atom stereocenters. The summed E-state index contributed by atoms with van der Waals surface area (Å²) in [6.07, 6.45) is 3.33. The average Bonchev–Trinajstić information content (AvgIpc) is 3.50. The number of rotatable bonds is 8. The highest BCUT2D eigenvalue weighted by molar-refractivity contribution is 7.90. The van der Waals surface area contributed by atoms with E-state index in [0.29, 0.717) is 10.8 Å². The first-order valence-electron chi connectivity index (χ1n) is 10.8. The van der Waals surface area contributed by atoms with E-state index in [9.17, 15) is 8.42 Å². The van der Waals surface area contributed by atoms with Crippen LogP contribution in [0.1, 0.15) is 35.4 Å². The zero-order chi connectivity index (χ0) is 22.2. The number of hydrogen-bond acceptors (Lipinski definition) is 4. The molecule has 1 aliphatic carbocycles. The van der Waals surface area contributed by atoms with Gasteiger partial charge in [-0.1, -0.05) is 30.3 Å². The minimum atomic E-state index is -3.44. The molecule has 1 aromatic heterocycles. The van der Waals surface area contributed by atoms with Gasteiger partial charge in [-0.2, -0.15) is 5.10 Å². The van der Waals surface area contributed by atoms with Crippen LogP contribution in [-0.4, -0.2) is 37.2 Å². The lowest BCUT2D eigenvalue weighted by atomic mass is 10.0. The molecule has 0 saturated heterocycles. The van der Waals surface area contributed by atoms with Crippen LogP contribution in [0.4, 0.5) is 0 Å². The topological polar surface area (TPSA) is 55.2 Å². The maximum atomic E-state index is 13.2. The van der Waals surface area contributed by atoms with E-state index in [-0.39, 0.29) is 5.75 Å². The fraction of sp³-hybridized carbons (Fsp3) is 0.400. The molecule has 3 aromatic rings. The first-order chi connectivity index (χ1) is 14.7. The van der Waals surface area contributed by atoms with Gasteiger partial charge in [0.25, 0.3) is 0 Å². The molecule has 0 unspecified atom stereocenters. The fourth-order valence-electron chi connectivity index (χ4n) is 4.01. The lowest BCUT2D eigenvalue weighted by molar-refractivity contribution is 0.402. The van der Waals surface area contributed by atoms with Crippen molar-refractivity contribution in [1.29, 1.82) is 0 Å². The van der Waals surface area contributed by atoms with Gasteiger partial charge in [-0.3, -0.25) is 4.68 Å². The van der Waals surface area contributed by atoms with E-state index in [0.717, 1.165) is 41.0 Å². The molecule has 0 bridgehead atoms. The maximum Gasteiger partial charge on any atom is 0.182 e. The Morgan fingerprint density at radius 2 is 1.77 bits per heavy atom. The maximum absolute atomic E-state index is 13.2. The Balaban J connectivity index is 1.56. The number of aryl methyl sites for hydroxylation is 1. The number of hydrogen-bond donors (Lipinski definition) is 0. The Labute approximate surface area is 185 Å². The summed E-state index contributed by atoms with van der Waals surface area (Å²) in [5.74, 6) is 0.671. The minimum absolute atomic E-state index is 0.00634. The van der Waals surface area contributed by atoms with E-state index >= 15 is 0 Å². The van der Waals surface area contributed by atoms with Crippen LogP contribution < -0.4 is 0 Å². The summed E-state index contributed by atoms with van der Waals surface area (Å²) >= 11 is 0. The summed E-state index contributed by atoms with van der Waals surface area (Å²) in [6, 6.07) is 15.7. The number of aromatic nitrogens is 2. The van der Waals surface area contributed by atoms with Gasteiger partial charge in [0.2, 0.25) is 0 Å². The Hall–Kier alpha value is -2.44. The molecule has 0 spiro atoms. The highest BCUT2D eigenvalue weighted by Crippen LogP contribution is 2.34. The summed E-state index contributed by atoms with van der Waals surface area (Å²) in [5.41, 5.74) is 6.10. The lowest BCUT2D eigenvalue weighted by Crippen LogP contribution is -2.10. The fourth-order valence-corrected chi connectivity index (χ4v) is 5.48. The summed E-state index contributed by atoms with van der Waals surface area (Å²) in [4.78, 5) is 2.49. The van der Waals surface area contributed by atoms with Crippen LogP contribution in [-0.2, 0) is 35.6 Å². The summed E-state index contributed by atoms with van der Waals surface area (Å²) in [5, 5.41) is 4.60. The van der Waals surface area contributed by atoms with Crippen molar-refractivity contribution in [2.75, 3.05) is 14.1 Å². The smallest absolute Gasteiger partial charge is 0.182 e. The third-order valence-corrected chi connectivity index (χ3v) is 7.69. The van der Waals surface area contributed by atoms with Gasteiger partial charge in [0.05, 0.1) is 16.3 Å². The van der Waals surface area contributed by atoms with Gasteiger partial charge in [0.1, 0.15) is 0 Å². The van der Waals surface area contributed by atoms with E-state index < -0.39 is 9.84 Å². The normalized spacial score (nSPS) is 14.4. The number of nitrogens with zero attached hydrogens (tertiary/aromatic N) is 3. The van der Waals surface area contributed by atoms with E-state index in [4.69, 9.17) is 0 Å². The molecule has 164 valence electrons. The van der Waals surface area contributed by atoms with Gasteiger partial charge < -0.3 is 4.90 Å². The Morgan fingerprint density at radius 1 is 1.06 bits per heavy atom. The molecule has 2 aromatic carbocycles. The molecule has 1 aliphatic rings. The summed E-state index contributed by atoms with van der Waals surface area (Å²) in [7, 11) is 2.54. The van der Waals surface area contributed by atoms with Crippen LogP contribution in [0.3, 0.4) is 0 Å². The summed E-state index contributed by atoms with van der Waals surface area (Å²) < 4.78 is 28.2. The first-order valence-corrected chi connectivity index (χ1v) is 12.5. The van der Waals surface area contributed by atoms with Crippen molar-refractivity contribution in [3.63, 3.8) is 0 Å². The summed E-state index contributed by atoms with van der Waals surface area (Å²) in [6.45, 7) is 2.83. The second-order valence-corrected chi connectivity index (χ2v) is 11.0. The van der Waals surface area contributed by atoms with Crippen LogP contribution in [0.5, 0.6) is 0 Å². The zero-order valence-electron chi connectivity index (χ0n) is 18.8. The van der Waals surface area contributed by atoms with Crippen molar-refractivity contribution in [2.45, 2.75) is 43.4 Å². The molecule has 0 aliphatic heterocycles. The van der Waals surface area contributed by atoms with Crippen molar-refractivity contribution in [3.8, 4) is 11.1 Å². The predicted octanol–water partition coefficient (Wildman–Crippen LogP) is 4.38. The first kappa shape index (κ1) is 21.8. The second kappa shape index (κ2) is 8.60. The van der Waals surface area contributed by atoms with E-state index in [1.165, 1.54) is 18.4 Å². The van der Waals surface area contributed by atoms with Crippen molar-refractivity contribution in [3.05, 3.63) is 71.0 Å². The van der Waals surface area contributed by atoms with Crippen LogP contribution in [0, 0.1) is 12.8 Å². The highest BCUT2D eigenvalue weighted by Gasteiger charge is 2.27. The van der Waals surface area contributed by atoms with Gasteiger partial charge in [-0.15, -0.1) is 0 Å². The largest absolute Gasteiger partial charge is 0.305 e. The molecule has 4 rings (SSSR count). The molecule has 5 nitrogen and oxygen atoms in total. The third-order valence-electron chi connectivity index (χ3n) is 6.03. The zero-order valence-corrected chi connectivity index (χ0v) is 19.6. The van der Waals surface area contributed by atoms with Gasteiger partial charge in [0, 0.05) is 24.8 Å². The Bertz CT molecular complexity index is 1170. The number of sulfone groups is 1.